The third-order valence-electron chi connectivity index (χ3n) is 3.66. The van der Waals surface area contributed by atoms with Gasteiger partial charge in [-0.05, 0) is 31.2 Å². The van der Waals surface area contributed by atoms with Gasteiger partial charge in [0.15, 0.2) is 0 Å². The van der Waals surface area contributed by atoms with Crippen molar-refractivity contribution in [2.24, 2.45) is 5.73 Å². The van der Waals surface area contributed by atoms with Crippen molar-refractivity contribution in [2.45, 2.75) is 13.3 Å². The van der Waals surface area contributed by atoms with Crippen LogP contribution in [-0.4, -0.2) is 34.4 Å². The molecule has 1 amide bonds. The molecule has 0 bridgehead atoms. The SMILES string of the molecule is CCS(=O)(=O)O.NC(=O)Cc1cn(-c2ccccc2)nc1-c1ccc(Cl)cc1. The van der Waals surface area contributed by atoms with Gasteiger partial charge in [0.25, 0.3) is 10.1 Å². The summed E-state index contributed by atoms with van der Waals surface area (Å²) in [4.78, 5) is 11.3. The first-order valence-electron chi connectivity index (χ1n) is 8.33. The molecule has 2 aromatic carbocycles. The van der Waals surface area contributed by atoms with Crippen molar-refractivity contribution in [3.63, 3.8) is 0 Å². The Morgan fingerprint density at radius 2 is 1.71 bits per heavy atom. The van der Waals surface area contributed by atoms with Gasteiger partial charge < -0.3 is 5.73 Å². The molecule has 1 aromatic heterocycles. The highest BCUT2D eigenvalue weighted by Crippen LogP contribution is 2.25. The average Bonchev–Trinajstić information content (AvgIpc) is 3.06. The van der Waals surface area contributed by atoms with Crippen molar-refractivity contribution >= 4 is 27.6 Å². The number of nitrogens with two attached hydrogens (primary N) is 1. The van der Waals surface area contributed by atoms with Crippen molar-refractivity contribution in [3.05, 3.63) is 71.4 Å². The summed E-state index contributed by atoms with van der Waals surface area (Å²) in [5.74, 6) is -0.588. The third kappa shape index (κ3) is 6.49. The number of hydrogen-bond donors (Lipinski definition) is 2. The molecule has 0 saturated carbocycles. The predicted molar refractivity (Wildman–Crippen MR) is 109 cm³/mol. The van der Waals surface area contributed by atoms with Crippen LogP contribution in [0.5, 0.6) is 0 Å². The summed E-state index contributed by atoms with van der Waals surface area (Å²) < 4.78 is 28.7. The number of rotatable bonds is 5. The second kappa shape index (κ2) is 9.50. The number of benzene rings is 2. The highest BCUT2D eigenvalue weighted by molar-refractivity contribution is 7.85. The van der Waals surface area contributed by atoms with E-state index in [1.165, 1.54) is 6.92 Å². The largest absolute Gasteiger partial charge is 0.369 e. The van der Waals surface area contributed by atoms with Crippen LogP contribution in [0.4, 0.5) is 0 Å². The number of carbonyl (C=O) groups is 1. The van der Waals surface area contributed by atoms with E-state index in [-0.39, 0.29) is 18.1 Å². The van der Waals surface area contributed by atoms with Crippen LogP contribution in [0.2, 0.25) is 5.02 Å². The Morgan fingerprint density at radius 3 is 2.21 bits per heavy atom. The van der Waals surface area contributed by atoms with E-state index in [0.29, 0.717) is 5.02 Å². The highest BCUT2D eigenvalue weighted by Gasteiger charge is 2.14. The summed E-state index contributed by atoms with van der Waals surface area (Å²) in [5, 5.41) is 5.25. The van der Waals surface area contributed by atoms with Crippen LogP contribution in [0, 0.1) is 0 Å². The molecule has 3 rings (SSSR count). The van der Waals surface area contributed by atoms with Gasteiger partial charge in [0.2, 0.25) is 5.91 Å². The number of amides is 1. The quantitative estimate of drug-likeness (QED) is 0.614. The first-order valence-corrected chi connectivity index (χ1v) is 10.3. The second-order valence-electron chi connectivity index (χ2n) is 5.80. The van der Waals surface area contributed by atoms with Crippen molar-refractivity contribution in [1.29, 1.82) is 0 Å². The molecule has 0 aliphatic heterocycles. The molecule has 0 atom stereocenters. The van der Waals surface area contributed by atoms with E-state index in [9.17, 15) is 13.2 Å². The smallest absolute Gasteiger partial charge is 0.264 e. The molecule has 9 heteroatoms. The number of aromatic nitrogens is 2. The topological polar surface area (TPSA) is 115 Å². The molecule has 0 radical (unpaired) electrons. The van der Waals surface area contributed by atoms with Gasteiger partial charge in [-0.3, -0.25) is 9.35 Å². The van der Waals surface area contributed by atoms with Gasteiger partial charge >= 0.3 is 0 Å². The summed E-state index contributed by atoms with van der Waals surface area (Å²) >= 11 is 5.92. The molecule has 0 aliphatic rings. The number of nitrogens with zero attached hydrogens (tertiary/aromatic N) is 2. The Morgan fingerprint density at radius 1 is 1.14 bits per heavy atom. The molecular formula is C19H20ClN3O4S. The summed E-state index contributed by atoms with van der Waals surface area (Å²) in [6, 6.07) is 17.1. The molecule has 7 nitrogen and oxygen atoms in total. The fourth-order valence-electron chi connectivity index (χ4n) is 2.29. The van der Waals surface area contributed by atoms with E-state index >= 15 is 0 Å². The first kappa shape index (κ1) is 21.6. The predicted octanol–water partition coefficient (Wildman–Crippen LogP) is 3.11. The van der Waals surface area contributed by atoms with E-state index in [2.05, 4.69) is 5.10 Å². The van der Waals surface area contributed by atoms with Gasteiger partial charge in [0.1, 0.15) is 0 Å². The fourth-order valence-corrected chi connectivity index (χ4v) is 2.42. The number of para-hydroxylation sites is 1. The van der Waals surface area contributed by atoms with Crippen LogP contribution in [0.1, 0.15) is 12.5 Å². The lowest BCUT2D eigenvalue weighted by molar-refractivity contribution is -0.117. The van der Waals surface area contributed by atoms with Crippen LogP contribution < -0.4 is 5.73 Å². The number of halogens is 1. The summed E-state index contributed by atoms with van der Waals surface area (Å²) in [5.41, 5.74) is 8.70. The highest BCUT2D eigenvalue weighted by atomic mass is 35.5. The maximum atomic E-state index is 11.3. The molecule has 3 N–H and O–H groups in total. The summed E-state index contributed by atoms with van der Waals surface area (Å²) in [7, 11) is -3.66. The van der Waals surface area contributed by atoms with Crippen molar-refractivity contribution in [2.75, 3.05) is 5.75 Å². The Bertz CT molecular complexity index is 1030. The maximum absolute atomic E-state index is 11.3. The minimum Gasteiger partial charge on any atom is -0.369 e. The van der Waals surface area contributed by atoms with Gasteiger partial charge in [-0.2, -0.15) is 13.5 Å². The number of hydrogen-bond acceptors (Lipinski definition) is 4. The van der Waals surface area contributed by atoms with Crippen molar-refractivity contribution in [3.8, 4) is 16.9 Å². The minimum atomic E-state index is -3.66. The molecule has 148 valence electrons. The van der Waals surface area contributed by atoms with Gasteiger partial charge in [0.05, 0.1) is 23.6 Å². The second-order valence-corrected chi connectivity index (χ2v) is 7.98. The van der Waals surface area contributed by atoms with E-state index in [1.54, 1.807) is 16.8 Å². The maximum Gasteiger partial charge on any atom is 0.264 e. The molecule has 0 unspecified atom stereocenters. The normalized spacial score (nSPS) is 10.8. The summed E-state index contributed by atoms with van der Waals surface area (Å²) in [6.45, 7) is 1.37. The van der Waals surface area contributed by atoms with Gasteiger partial charge in [-0.15, -0.1) is 0 Å². The van der Waals surface area contributed by atoms with Crippen LogP contribution in [0.3, 0.4) is 0 Å². The first-order chi connectivity index (χ1) is 13.2. The van der Waals surface area contributed by atoms with E-state index in [1.807, 2.05) is 48.7 Å². The zero-order valence-electron chi connectivity index (χ0n) is 15.1. The lowest BCUT2D eigenvalue weighted by Crippen LogP contribution is -2.13. The van der Waals surface area contributed by atoms with E-state index in [0.717, 1.165) is 22.5 Å². The van der Waals surface area contributed by atoms with E-state index in [4.69, 9.17) is 21.9 Å². The molecule has 0 fully saturated rings. The average molecular weight is 422 g/mol. The van der Waals surface area contributed by atoms with Gasteiger partial charge in [-0.25, -0.2) is 4.68 Å². The standard InChI is InChI=1S/C17H14ClN3O.C2H6O3S/c18-14-8-6-12(7-9-14)17-13(10-16(19)22)11-21(20-17)15-4-2-1-3-5-15;1-2-6(3,4)5/h1-9,11H,10H2,(H2,19,22);2H2,1H3,(H,3,4,5). The zero-order valence-corrected chi connectivity index (χ0v) is 16.7. The van der Waals surface area contributed by atoms with Crippen LogP contribution in [0.15, 0.2) is 60.8 Å². The van der Waals surface area contributed by atoms with Gasteiger partial charge in [-0.1, -0.05) is 41.9 Å². The van der Waals surface area contributed by atoms with Crippen molar-refractivity contribution < 1.29 is 17.8 Å². The zero-order chi connectivity index (χ0) is 20.7. The molecule has 28 heavy (non-hydrogen) atoms. The van der Waals surface area contributed by atoms with Gasteiger partial charge in [0, 0.05) is 22.3 Å². The van der Waals surface area contributed by atoms with Crippen molar-refractivity contribution in [1.82, 2.24) is 9.78 Å². The molecule has 0 spiro atoms. The number of carbonyl (C=O) groups excluding carboxylic acids is 1. The lowest BCUT2D eigenvalue weighted by atomic mass is 10.1. The summed E-state index contributed by atoms with van der Waals surface area (Å²) in [6.07, 6.45) is 1.98. The molecule has 0 saturated heterocycles. The minimum absolute atomic E-state index is 0.144. The molecule has 1 heterocycles. The number of primary amides is 1. The molecule has 0 aliphatic carbocycles. The monoisotopic (exact) mass is 421 g/mol. The Balaban J connectivity index is 0.000000409. The molecule has 3 aromatic rings. The fraction of sp³-hybridized carbons (Fsp3) is 0.158. The van der Waals surface area contributed by atoms with Crippen LogP contribution in [0.25, 0.3) is 16.9 Å². The molecular weight excluding hydrogens is 402 g/mol. The Hall–Kier alpha value is -2.68. The van der Waals surface area contributed by atoms with Crippen LogP contribution in [-0.2, 0) is 21.3 Å². The van der Waals surface area contributed by atoms with Crippen LogP contribution >= 0.6 is 11.6 Å². The Labute approximate surface area is 168 Å². The Kier molecular flexibility index (Phi) is 7.33. The lowest BCUT2D eigenvalue weighted by Gasteiger charge is -2.01. The van der Waals surface area contributed by atoms with E-state index < -0.39 is 10.1 Å². The third-order valence-corrected chi connectivity index (χ3v) is 4.64.